The average Bonchev–Trinajstić information content (AvgIpc) is 2.74. The lowest BCUT2D eigenvalue weighted by Gasteiger charge is -2.17. The molecule has 1 heterocycles. The van der Waals surface area contributed by atoms with Gasteiger partial charge in [-0.25, -0.2) is 0 Å². The van der Waals surface area contributed by atoms with Gasteiger partial charge in [-0.1, -0.05) is 66.7 Å². The number of aryl methyl sites for hydroxylation is 1. The van der Waals surface area contributed by atoms with Crippen molar-refractivity contribution >= 4 is 11.3 Å². The SMILES string of the molecule is [I-].c1ccc(-c2cc(-c3ccccc3)c3c([s+]2)-c2ccccc2CC3)cc1. The van der Waals surface area contributed by atoms with Crippen molar-refractivity contribution in [3.63, 3.8) is 0 Å². The van der Waals surface area contributed by atoms with Crippen LogP contribution in [0.1, 0.15) is 11.1 Å². The van der Waals surface area contributed by atoms with Gasteiger partial charge in [0.1, 0.15) is 0 Å². The molecule has 0 atom stereocenters. The molecule has 4 aromatic rings. The van der Waals surface area contributed by atoms with E-state index in [1.807, 2.05) is 11.3 Å². The first kappa shape index (κ1) is 18.3. The van der Waals surface area contributed by atoms with E-state index in [9.17, 15) is 0 Å². The second kappa shape index (κ2) is 7.91. The van der Waals surface area contributed by atoms with Crippen molar-refractivity contribution in [3.8, 4) is 32.0 Å². The highest BCUT2D eigenvalue weighted by Crippen LogP contribution is 2.45. The lowest BCUT2D eigenvalue weighted by Crippen LogP contribution is -3.00. The van der Waals surface area contributed by atoms with Crippen molar-refractivity contribution in [1.82, 2.24) is 0 Å². The van der Waals surface area contributed by atoms with Crippen LogP contribution in [0.15, 0.2) is 91.0 Å². The van der Waals surface area contributed by atoms with Gasteiger partial charge < -0.3 is 24.0 Å². The van der Waals surface area contributed by atoms with E-state index in [1.165, 1.54) is 43.1 Å². The van der Waals surface area contributed by atoms with Gasteiger partial charge in [-0.15, -0.1) is 0 Å². The van der Waals surface area contributed by atoms with Crippen LogP contribution in [0, 0.1) is 0 Å². The number of fused-ring (bicyclic) bond motifs is 3. The van der Waals surface area contributed by atoms with Crippen LogP contribution in [0.25, 0.3) is 32.0 Å². The Balaban J connectivity index is 0.00000180. The number of benzene rings is 3. The van der Waals surface area contributed by atoms with Gasteiger partial charge >= 0.3 is 0 Å². The maximum atomic E-state index is 2.39. The predicted molar refractivity (Wildman–Crippen MR) is 112 cm³/mol. The second-order valence-electron chi connectivity index (χ2n) is 6.72. The van der Waals surface area contributed by atoms with E-state index < -0.39 is 0 Å². The summed E-state index contributed by atoms with van der Waals surface area (Å²) in [5.41, 5.74) is 8.37. The van der Waals surface area contributed by atoms with Crippen molar-refractivity contribution < 1.29 is 24.0 Å². The molecule has 0 N–H and O–H groups in total. The molecule has 5 rings (SSSR count). The van der Waals surface area contributed by atoms with Crippen LogP contribution < -0.4 is 24.0 Å². The third kappa shape index (κ3) is 3.44. The van der Waals surface area contributed by atoms with Gasteiger partial charge in [0, 0.05) is 22.8 Å². The van der Waals surface area contributed by atoms with Crippen molar-refractivity contribution in [3.05, 3.63) is 102 Å². The topological polar surface area (TPSA) is 0 Å². The summed E-state index contributed by atoms with van der Waals surface area (Å²) in [4.78, 5) is 2.77. The van der Waals surface area contributed by atoms with E-state index in [0.29, 0.717) is 0 Å². The predicted octanol–water partition coefficient (Wildman–Crippen LogP) is 4.13. The molecule has 0 aliphatic heterocycles. The smallest absolute Gasteiger partial charge is 0.242 e. The van der Waals surface area contributed by atoms with Crippen LogP contribution in [0.3, 0.4) is 0 Å². The maximum Gasteiger partial charge on any atom is 0.242 e. The summed E-state index contributed by atoms with van der Waals surface area (Å²) in [6.07, 6.45) is 2.24. The molecule has 132 valence electrons. The lowest BCUT2D eigenvalue weighted by atomic mass is 9.87. The zero-order chi connectivity index (χ0) is 17.3. The summed E-state index contributed by atoms with van der Waals surface area (Å²) in [6, 6.07) is 32.9. The maximum absolute atomic E-state index is 2.39. The van der Waals surface area contributed by atoms with Crippen LogP contribution in [-0.4, -0.2) is 0 Å². The Bertz CT molecular complexity index is 1050. The fourth-order valence-corrected chi connectivity index (χ4v) is 5.14. The van der Waals surface area contributed by atoms with Gasteiger partial charge in [-0.3, -0.25) is 0 Å². The third-order valence-electron chi connectivity index (χ3n) is 5.14. The highest BCUT2D eigenvalue weighted by molar-refractivity contribution is 7.18. The molecule has 0 fully saturated rings. The number of hydrogen-bond donors (Lipinski definition) is 0. The highest BCUT2D eigenvalue weighted by atomic mass is 127. The Labute approximate surface area is 181 Å². The largest absolute Gasteiger partial charge is 1.00 e. The summed E-state index contributed by atoms with van der Waals surface area (Å²) in [6.45, 7) is 0. The van der Waals surface area contributed by atoms with Gasteiger partial charge in [0.05, 0.1) is 0 Å². The van der Waals surface area contributed by atoms with Crippen molar-refractivity contribution in [1.29, 1.82) is 0 Å². The Kier molecular flexibility index (Phi) is 5.37. The molecule has 0 saturated carbocycles. The van der Waals surface area contributed by atoms with Crippen molar-refractivity contribution in [2.24, 2.45) is 0 Å². The quantitative estimate of drug-likeness (QED) is 0.300. The third-order valence-corrected chi connectivity index (χ3v) is 6.38. The molecule has 0 unspecified atom stereocenters. The summed E-state index contributed by atoms with van der Waals surface area (Å²) in [5, 5.41) is 0. The normalized spacial score (nSPS) is 11.9. The highest BCUT2D eigenvalue weighted by Gasteiger charge is 2.29. The molecule has 0 spiro atoms. The first-order valence-electron chi connectivity index (χ1n) is 9.09. The van der Waals surface area contributed by atoms with E-state index in [1.54, 1.807) is 0 Å². The van der Waals surface area contributed by atoms with E-state index in [-0.39, 0.29) is 24.0 Å². The van der Waals surface area contributed by atoms with Crippen molar-refractivity contribution in [2.75, 3.05) is 0 Å². The Morgan fingerprint density at radius 3 is 1.96 bits per heavy atom. The van der Waals surface area contributed by atoms with Gasteiger partial charge in [0.2, 0.25) is 21.1 Å². The van der Waals surface area contributed by atoms with E-state index >= 15 is 0 Å². The molecule has 1 aliphatic rings. The molecule has 27 heavy (non-hydrogen) atoms. The van der Waals surface area contributed by atoms with Crippen LogP contribution in [0.4, 0.5) is 0 Å². The minimum Gasteiger partial charge on any atom is -1.00 e. The zero-order valence-corrected chi connectivity index (χ0v) is 17.8. The van der Waals surface area contributed by atoms with E-state index in [2.05, 4.69) is 91.0 Å². The first-order valence-corrected chi connectivity index (χ1v) is 9.91. The number of halogens is 1. The Morgan fingerprint density at radius 2 is 1.22 bits per heavy atom. The number of rotatable bonds is 2. The molecule has 0 radical (unpaired) electrons. The Hall–Kier alpha value is -2.04. The average molecular weight is 478 g/mol. The summed E-state index contributed by atoms with van der Waals surface area (Å²) < 4.78 is 0. The molecule has 0 saturated heterocycles. The zero-order valence-electron chi connectivity index (χ0n) is 14.9. The lowest BCUT2D eigenvalue weighted by molar-refractivity contribution is -0.00000484. The molecule has 3 aromatic carbocycles. The number of hydrogen-bond acceptors (Lipinski definition) is 0. The van der Waals surface area contributed by atoms with Crippen LogP contribution in [-0.2, 0) is 12.8 Å². The van der Waals surface area contributed by atoms with Crippen molar-refractivity contribution in [2.45, 2.75) is 12.8 Å². The molecule has 0 bridgehead atoms. The van der Waals surface area contributed by atoms with Crippen LogP contribution in [0.2, 0.25) is 0 Å². The molecule has 1 aliphatic carbocycles. The minimum atomic E-state index is 0. The molecule has 0 nitrogen and oxygen atoms in total. The second-order valence-corrected chi connectivity index (χ2v) is 7.77. The van der Waals surface area contributed by atoms with Crippen LogP contribution in [0.5, 0.6) is 0 Å². The fraction of sp³-hybridized carbons (Fsp3) is 0.0800. The molecular weight excluding hydrogens is 459 g/mol. The standard InChI is InChI=1S/C25H19S.HI/c1-3-9-18(10-4-1)23-17-24(20-12-5-2-6-13-20)26-25-21-14-8-7-11-19(21)15-16-22(23)25;/h1-14,17H,15-16H2;1H/q+1;/p-1. The summed E-state index contributed by atoms with van der Waals surface area (Å²) >= 11 is 1.93. The monoisotopic (exact) mass is 478 g/mol. The fourth-order valence-electron chi connectivity index (χ4n) is 3.85. The molecule has 1 aromatic heterocycles. The van der Waals surface area contributed by atoms with Gasteiger partial charge in [-0.2, -0.15) is 0 Å². The molecular formula is C25H19IS. The molecule has 2 heteroatoms. The van der Waals surface area contributed by atoms with E-state index in [4.69, 9.17) is 0 Å². The van der Waals surface area contributed by atoms with Gasteiger partial charge in [-0.05, 0) is 47.7 Å². The van der Waals surface area contributed by atoms with Gasteiger partial charge in [0.25, 0.3) is 0 Å². The summed E-state index contributed by atoms with van der Waals surface area (Å²) in [5.74, 6) is 0. The molecule has 0 amide bonds. The minimum absolute atomic E-state index is 0. The first-order chi connectivity index (χ1) is 12.9. The van der Waals surface area contributed by atoms with E-state index in [0.717, 1.165) is 12.8 Å². The summed E-state index contributed by atoms with van der Waals surface area (Å²) in [7, 11) is 0. The van der Waals surface area contributed by atoms with Gasteiger partial charge in [0.15, 0.2) is 0 Å². The van der Waals surface area contributed by atoms with Crippen LogP contribution >= 0.6 is 11.3 Å². The Morgan fingerprint density at radius 1 is 0.593 bits per heavy atom.